The topological polar surface area (TPSA) is 73.1 Å². The number of aryl methyl sites for hydroxylation is 1. The molecule has 1 aliphatic rings. The van der Waals surface area contributed by atoms with E-state index in [2.05, 4.69) is 16.5 Å². The number of hydrogen-bond donors (Lipinski definition) is 1. The maximum absolute atomic E-state index is 9.47. The van der Waals surface area contributed by atoms with Crippen LogP contribution in [-0.4, -0.2) is 37.8 Å². The van der Waals surface area contributed by atoms with Gasteiger partial charge in [0.05, 0.1) is 12.9 Å². The second kappa shape index (κ2) is 7.51. The zero-order valence-corrected chi connectivity index (χ0v) is 15.1. The lowest BCUT2D eigenvalue weighted by atomic mass is 10.1. The van der Waals surface area contributed by atoms with E-state index in [1.54, 1.807) is 0 Å². The molecule has 6 heteroatoms. The summed E-state index contributed by atoms with van der Waals surface area (Å²) in [5.41, 5.74) is 4.42. The fourth-order valence-corrected chi connectivity index (χ4v) is 3.55. The number of imidazole rings is 1. The molecule has 0 spiro atoms. The summed E-state index contributed by atoms with van der Waals surface area (Å²) in [4.78, 5) is 14.3. The molecule has 26 heavy (non-hydrogen) atoms. The van der Waals surface area contributed by atoms with Crippen LogP contribution in [0, 0.1) is 0 Å². The number of aliphatic hydroxyl groups is 1. The van der Waals surface area contributed by atoms with E-state index < -0.39 is 0 Å². The molecule has 1 aliphatic heterocycles. The highest BCUT2D eigenvalue weighted by Gasteiger charge is 2.21. The van der Waals surface area contributed by atoms with Crippen LogP contribution in [-0.2, 0) is 17.8 Å². The van der Waals surface area contributed by atoms with Gasteiger partial charge in [0.15, 0.2) is 5.65 Å². The first kappa shape index (κ1) is 17.1. The second-order valence-corrected chi connectivity index (χ2v) is 6.76. The van der Waals surface area contributed by atoms with Crippen molar-refractivity contribution in [3.05, 3.63) is 42.0 Å². The average Bonchev–Trinajstić information content (AvgIpc) is 3.12. The smallest absolute Gasteiger partial charge is 0.164 e. The van der Waals surface area contributed by atoms with Crippen molar-refractivity contribution in [3.8, 4) is 11.3 Å². The molecule has 4 rings (SSSR count). The van der Waals surface area contributed by atoms with Crippen molar-refractivity contribution in [3.63, 3.8) is 0 Å². The molecule has 3 aromatic rings. The molecule has 0 saturated carbocycles. The maximum Gasteiger partial charge on any atom is 0.164 e. The fourth-order valence-electron chi connectivity index (χ4n) is 3.55. The number of fused-ring (bicyclic) bond motifs is 1. The highest BCUT2D eigenvalue weighted by Crippen LogP contribution is 2.30. The Morgan fingerprint density at radius 2 is 2.08 bits per heavy atom. The van der Waals surface area contributed by atoms with Crippen molar-refractivity contribution in [2.24, 2.45) is 0 Å². The van der Waals surface area contributed by atoms with Crippen LogP contribution in [0.25, 0.3) is 22.4 Å². The van der Waals surface area contributed by atoms with Gasteiger partial charge in [-0.25, -0.2) is 15.0 Å². The SMILES string of the molecule is CCCc1nc(-c2cccc(CO)c2)c2ncn(C3CCOCC3)c2n1. The Bertz CT molecular complexity index is 900. The molecule has 0 atom stereocenters. The van der Waals surface area contributed by atoms with Crippen LogP contribution in [0.15, 0.2) is 30.6 Å². The lowest BCUT2D eigenvalue weighted by molar-refractivity contribution is 0.0704. The Balaban J connectivity index is 1.87. The maximum atomic E-state index is 9.47. The summed E-state index contributed by atoms with van der Waals surface area (Å²) in [6, 6.07) is 8.23. The van der Waals surface area contributed by atoms with E-state index in [-0.39, 0.29) is 6.61 Å². The Hall–Kier alpha value is -2.31. The van der Waals surface area contributed by atoms with E-state index in [1.165, 1.54) is 0 Å². The van der Waals surface area contributed by atoms with Crippen molar-refractivity contribution in [2.45, 2.75) is 45.3 Å². The standard InChI is InChI=1S/C20H24N4O2/c1-2-4-17-22-18(15-6-3-5-14(11-15)12-25)19-20(23-17)24(13-21-19)16-7-9-26-10-8-16/h3,5-6,11,13,16,25H,2,4,7-10,12H2,1H3. The highest BCUT2D eigenvalue weighted by molar-refractivity contribution is 5.87. The summed E-state index contributed by atoms with van der Waals surface area (Å²) in [5.74, 6) is 0.846. The summed E-state index contributed by atoms with van der Waals surface area (Å²) in [6.07, 6.45) is 5.68. The average molecular weight is 352 g/mol. The molecular formula is C20H24N4O2. The third-order valence-electron chi connectivity index (χ3n) is 4.91. The van der Waals surface area contributed by atoms with Gasteiger partial charge in [-0.05, 0) is 30.9 Å². The molecule has 0 amide bonds. The highest BCUT2D eigenvalue weighted by atomic mass is 16.5. The Morgan fingerprint density at radius 3 is 2.85 bits per heavy atom. The minimum Gasteiger partial charge on any atom is -0.392 e. The molecule has 1 fully saturated rings. The largest absolute Gasteiger partial charge is 0.392 e. The van der Waals surface area contributed by atoms with Crippen LogP contribution in [0.2, 0.25) is 0 Å². The van der Waals surface area contributed by atoms with Gasteiger partial charge in [0.25, 0.3) is 0 Å². The minimum atomic E-state index is 0.0143. The van der Waals surface area contributed by atoms with E-state index in [0.29, 0.717) is 6.04 Å². The summed E-state index contributed by atoms with van der Waals surface area (Å²) < 4.78 is 7.69. The second-order valence-electron chi connectivity index (χ2n) is 6.76. The van der Waals surface area contributed by atoms with Crippen molar-refractivity contribution in [2.75, 3.05) is 13.2 Å². The van der Waals surface area contributed by atoms with Gasteiger partial charge in [-0.15, -0.1) is 0 Å². The lowest BCUT2D eigenvalue weighted by Gasteiger charge is -2.23. The van der Waals surface area contributed by atoms with Gasteiger partial charge in [-0.1, -0.05) is 25.1 Å². The van der Waals surface area contributed by atoms with Crippen LogP contribution in [0.4, 0.5) is 0 Å². The molecule has 2 aromatic heterocycles. The predicted molar refractivity (Wildman–Crippen MR) is 99.8 cm³/mol. The quantitative estimate of drug-likeness (QED) is 0.763. The van der Waals surface area contributed by atoms with E-state index in [1.807, 2.05) is 30.6 Å². The Kier molecular flexibility index (Phi) is 4.95. The Labute approximate surface area is 152 Å². The number of hydrogen-bond acceptors (Lipinski definition) is 5. The van der Waals surface area contributed by atoms with Gasteiger partial charge in [-0.2, -0.15) is 0 Å². The van der Waals surface area contributed by atoms with Crippen molar-refractivity contribution >= 4 is 11.2 Å². The number of rotatable bonds is 5. The molecule has 0 radical (unpaired) electrons. The van der Waals surface area contributed by atoms with Crippen molar-refractivity contribution in [1.82, 2.24) is 19.5 Å². The van der Waals surface area contributed by atoms with Crippen LogP contribution in [0.5, 0.6) is 0 Å². The Morgan fingerprint density at radius 1 is 1.23 bits per heavy atom. The van der Waals surface area contributed by atoms with E-state index >= 15 is 0 Å². The first-order valence-corrected chi connectivity index (χ1v) is 9.31. The molecule has 136 valence electrons. The van der Waals surface area contributed by atoms with Gasteiger partial charge >= 0.3 is 0 Å². The third-order valence-corrected chi connectivity index (χ3v) is 4.91. The first-order valence-electron chi connectivity index (χ1n) is 9.31. The molecule has 0 aliphatic carbocycles. The number of benzene rings is 1. The van der Waals surface area contributed by atoms with E-state index in [0.717, 1.165) is 72.7 Å². The monoisotopic (exact) mass is 352 g/mol. The van der Waals surface area contributed by atoms with Crippen LogP contribution >= 0.6 is 0 Å². The van der Waals surface area contributed by atoms with Gasteiger partial charge in [0.2, 0.25) is 0 Å². The zero-order chi connectivity index (χ0) is 17.9. The molecule has 6 nitrogen and oxygen atoms in total. The minimum absolute atomic E-state index is 0.0143. The summed E-state index contributed by atoms with van der Waals surface area (Å²) in [6.45, 7) is 3.71. The fraction of sp³-hybridized carbons (Fsp3) is 0.450. The van der Waals surface area contributed by atoms with E-state index in [4.69, 9.17) is 14.7 Å². The van der Waals surface area contributed by atoms with Gasteiger partial charge in [0.1, 0.15) is 17.0 Å². The van der Waals surface area contributed by atoms with Crippen LogP contribution < -0.4 is 0 Å². The van der Waals surface area contributed by atoms with E-state index in [9.17, 15) is 5.11 Å². The van der Waals surface area contributed by atoms with Gasteiger partial charge in [0, 0.05) is 31.2 Å². The molecular weight excluding hydrogens is 328 g/mol. The predicted octanol–water partition coefficient (Wildman–Crippen LogP) is 3.29. The normalized spacial score (nSPS) is 15.6. The van der Waals surface area contributed by atoms with Crippen LogP contribution in [0.1, 0.15) is 43.6 Å². The first-order chi connectivity index (χ1) is 12.8. The van der Waals surface area contributed by atoms with Crippen LogP contribution in [0.3, 0.4) is 0 Å². The molecule has 1 saturated heterocycles. The third kappa shape index (κ3) is 3.22. The molecule has 1 N–H and O–H groups in total. The molecule has 0 bridgehead atoms. The lowest BCUT2D eigenvalue weighted by Crippen LogP contribution is -2.19. The van der Waals surface area contributed by atoms with Gasteiger partial charge in [-0.3, -0.25) is 0 Å². The number of nitrogens with zero attached hydrogens (tertiary/aromatic N) is 4. The molecule has 3 heterocycles. The summed E-state index contributed by atoms with van der Waals surface area (Å²) in [5, 5.41) is 9.47. The number of aliphatic hydroxyl groups excluding tert-OH is 1. The van der Waals surface area contributed by atoms with Crippen molar-refractivity contribution < 1.29 is 9.84 Å². The summed E-state index contributed by atoms with van der Waals surface area (Å²) >= 11 is 0. The number of aromatic nitrogens is 4. The summed E-state index contributed by atoms with van der Waals surface area (Å²) in [7, 11) is 0. The molecule has 1 aromatic carbocycles. The molecule has 0 unspecified atom stereocenters. The number of ether oxygens (including phenoxy) is 1. The van der Waals surface area contributed by atoms with Gasteiger partial charge < -0.3 is 14.4 Å². The zero-order valence-electron chi connectivity index (χ0n) is 15.1. The van der Waals surface area contributed by atoms with Crippen molar-refractivity contribution in [1.29, 1.82) is 0 Å².